The SMILES string of the molecule is O=C(CC[P+](=O)OCc1ccccc1)c1ccccc1. The molecule has 1 unspecified atom stereocenters. The Morgan fingerprint density at radius 1 is 0.950 bits per heavy atom. The smallest absolute Gasteiger partial charge is 0.294 e. The molecular weight excluding hydrogens is 271 g/mol. The van der Waals surface area contributed by atoms with Crippen molar-refractivity contribution >= 4 is 13.8 Å². The van der Waals surface area contributed by atoms with Gasteiger partial charge in [-0.3, -0.25) is 4.79 Å². The van der Waals surface area contributed by atoms with Crippen LogP contribution >= 0.6 is 8.03 Å². The van der Waals surface area contributed by atoms with E-state index in [9.17, 15) is 9.36 Å². The summed E-state index contributed by atoms with van der Waals surface area (Å²) in [5.74, 6) is -0.00254. The van der Waals surface area contributed by atoms with Gasteiger partial charge in [-0.1, -0.05) is 60.7 Å². The van der Waals surface area contributed by atoms with Gasteiger partial charge in [-0.2, -0.15) is 0 Å². The monoisotopic (exact) mass is 287 g/mol. The van der Waals surface area contributed by atoms with E-state index in [4.69, 9.17) is 4.52 Å². The molecule has 3 nitrogen and oxygen atoms in total. The molecule has 20 heavy (non-hydrogen) atoms. The molecule has 1 atom stereocenters. The summed E-state index contributed by atoms with van der Waals surface area (Å²) in [6.45, 7) is 0.315. The van der Waals surface area contributed by atoms with Crippen molar-refractivity contribution in [2.45, 2.75) is 13.0 Å². The van der Waals surface area contributed by atoms with Gasteiger partial charge >= 0.3 is 8.03 Å². The van der Waals surface area contributed by atoms with Crippen molar-refractivity contribution in [1.82, 2.24) is 0 Å². The number of carbonyl (C=O) groups is 1. The second-order valence-corrected chi connectivity index (χ2v) is 5.73. The van der Waals surface area contributed by atoms with Gasteiger partial charge in [0.15, 0.2) is 11.9 Å². The van der Waals surface area contributed by atoms with Crippen LogP contribution in [0.2, 0.25) is 0 Å². The predicted molar refractivity (Wildman–Crippen MR) is 79.1 cm³/mol. The molecule has 0 radical (unpaired) electrons. The lowest BCUT2D eigenvalue weighted by Gasteiger charge is -1.96. The highest BCUT2D eigenvalue weighted by atomic mass is 31.1. The van der Waals surface area contributed by atoms with E-state index in [0.717, 1.165) is 5.56 Å². The van der Waals surface area contributed by atoms with E-state index in [1.165, 1.54) is 0 Å². The molecule has 0 aliphatic heterocycles. The van der Waals surface area contributed by atoms with Crippen LogP contribution in [0.1, 0.15) is 22.3 Å². The van der Waals surface area contributed by atoms with Crippen LogP contribution in [-0.2, 0) is 15.7 Å². The van der Waals surface area contributed by atoms with Crippen LogP contribution in [0, 0.1) is 0 Å². The molecule has 4 heteroatoms. The molecule has 0 fully saturated rings. The number of Topliss-reactive ketones (excluding diaryl/α,β-unsaturated/α-hetero) is 1. The van der Waals surface area contributed by atoms with Gasteiger partial charge in [0.25, 0.3) is 0 Å². The Morgan fingerprint density at radius 3 is 2.20 bits per heavy atom. The Morgan fingerprint density at radius 2 is 1.55 bits per heavy atom. The second-order valence-electron chi connectivity index (χ2n) is 4.35. The van der Waals surface area contributed by atoms with Crippen LogP contribution in [0.4, 0.5) is 0 Å². The van der Waals surface area contributed by atoms with Gasteiger partial charge in [-0.15, -0.1) is 4.52 Å². The molecule has 0 heterocycles. The van der Waals surface area contributed by atoms with Crippen molar-refractivity contribution in [2.24, 2.45) is 0 Å². The fourth-order valence-electron chi connectivity index (χ4n) is 1.75. The average molecular weight is 287 g/mol. The molecule has 0 aliphatic carbocycles. The first-order valence-electron chi connectivity index (χ1n) is 6.45. The van der Waals surface area contributed by atoms with Crippen molar-refractivity contribution in [3.8, 4) is 0 Å². The van der Waals surface area contributed by atoms with Gasteiger partial charge < -0.3 is 0 Å². The van der Waals surface area contributed by atoms with Crippen LogP contribution in [0.15, 0.2) is 60.7 Å². The molecule has 0 N–H and O–H groups in total. The molecule has 0 aliphatic rings. The van der Waals surface area contributed by atoms with Gasteiger partial charge in [0.1, 0.15) is 6.61 Å². The summed E-state index contributed by atoms with van der Waals surface area (Å²) in [6.07, 6.45) is 0.504. The summed E-state index contributed by atoms with van der Waals surface area (Å²) in [6, 6.07) is 18.6. The number of hydrogen-bond acceptors (Lipinski definition) is 3. The van der Waals surface area contributed by atoms with E-state index in [0.29, 0.717) is 12.2 Å². The lowest BCUT2D eigenvalue weighted by atomic mass is 10.1. The Bertz CT molecular complexity index is 567. The molecule has 0 bridgehead atoms. The number of benzene rings is 2. The van der Waals surface area contributed by atoms with E-state index < -0.39 is 8.03 Å². The zero-order valence-electron chi connectivity index (χ0n) is 11.1. The van der Waals surface area contributed by atoms with Crippen molar-refractivity contribution in [1.29, 1.82) is 0 Å². The van der Waals surface area contributed by atoms with Gasteiger partial charge in [0.2, 0.25) is 0 Å². The van der Waals surface area contributed by atoms with E-state index in [-0.39, 0.29) is 18.4 Å². The quantitative estimate of drug-likeness (QED) is 0.565. The Labute approximate surface area is 119 Å². The molecule has 102 valence electrons. The Kier molecular flexibility index (Phi) is 5.60. The van der Waals surface area contributed by atoms with E-state index >= 15 is 0 Å². The average Bonchev–Trinajstić information content (AvgIpc) is 2.52. The summed E-state index contributed by atoms with van der Waals surface area (Å²) in [5, 5.41) is 0. The molecule has 0 spiro atoms. The number of ketones is 1. The van der Waals surface area contributed by atoms with Crippen molar-refractivity contribution in [3.05, 3.63) is 71.8 Å². The van der Waals surface area contributed by atoms with Gasteiger partial charge in [-0.25, -0.2) is 0 Å². The molecule has 0 aromatic heterocycles. The summed E-state index contributed by atoms with van der Waals surface area (Å²) < 4.78 is 17.0. The van der Waals surface area contributed by atoms with Crippen LogP contribution in [-0.4, -0.2) is 11.9 Å². The third kappa shape index (κ3) is 4.69. The van der Waals surface area contributed by atoms with Crippen LogP contribution in [0.5, 0.6) is 0 Å². The maximum atomic E-state index is 11.8. The third-order valence-electron chi connectivity index (χ3n) is 2.84. The summed E-state index contributed by atoms with van der Waals surface area (Å²) in [5.41, 5.74) is 1.63. The predicted octanol–water partition coefficient (Wildman–Crippen LogP) is 4.22. The molecule has 0 saturated carbocycles. The highest BCUT2D eigenvalue weighted by Crippen LogP contribution is 2.25. The number of hydrogen-bond donors (Lipinski definition) is 0. The van der Waals surface area contributed by atoms with Crippen LogP contribution in [0.25, 0.3) is 0 Å². The fourth-order valence-corrected chi connectivity index (χ4v) is 2.55. The minimum absolute atomic E-state index is 0.00254. The zero-order valence-corrected chi connectivity index (χ0v) is 12.0. The lowest BCUT2D eigenvalue weighted by molar-refractivity contribution is 0.0988. The standard InChI is InChI=1S/C16H16O3P/c17-16(15-9-5-2-6-10-15)11-12-20(18)19-13-14-7-3-1-4-8-14/h1-10H,11-13H2/q+1. The molecule has 0 amide bonds. The highest BCUT2D eigenvalue weighted by Gasteiger charge is 2.20. The Balaban J connectivity index is 1.74. The Hall–Kier alpha value is -1.83. The van der Waals surface area contributed by atoms with Crippen LogP contribution < -0.4 is 0 Å². The van der Waals surface area contributed by atoms with E-state index in [1.807, 2.05) is 48.5 Å². The minimum Gasteiger partial charge on any atom is -0.294 e. The van der Waals surface area contributed by atoms with Gasteiger partial charge in [-0.05, 0) is 10.1 Å². The molecule has 0 saturated heterocycles. The third-order valence-corrected chi connectivity index (χ3v) is 3.84. The van der Waals surface area contributed by atoms with Crippen LogP contribution in [0.3, 0.4) is 0 Å². The molecule has 2 rings (SSSR count). The normalized spacial score (nSPS) is 11.1. The lowest BCUT2D eigenvalue weighted by Crippen LogP contribution is -2.00. The number of carbonyl (C=O) groups excluding carboxylic acids is 1. The van der Waals surface area contributed by atoms with E-state index in [2.05, 4.69) is 0 Å². The fraction of sp³-hybridized carbons (Fsp3) is 0.188. The summed E-state index contributed by atoms with van der Waals surface area (Å²) >= 11 is 0. The second kappa shape index (κ2) is 7.68. The van der Waals surface area contributed by atoms with E-state index in [1.54, 1.807) is 12.1 Å². The topological polar surface area (TPSA) is 43.4 Å². The summed E-state index contributed by atoms with van der Waals surface area (Å²) in [4.78, 5) is 11.8. The first-order valence-corrected chi connectivity index (χ1v) is 7.82. The van der Waals surface area contributed by atoms with Gasteiger partial charge in [0.05, 0.1) is 6.42 Å². The number of rotatable bonds is 7. The molecular formula is C16H16O3P+. The first-order chi connectivity index (χ1) is 9.75. The van der Waals surface area contributed by atoms with Crippen molar-refractivity contribution in [2.75, 3.05) is 6.16 Å². The largest absolute Gasteiger partial charge is 0.508 e. The zero-order chi connectivity index (χ0) is 14.2. The van der Waals surface area contributed by atoms with Gasteiger partial charge in [0, 0.05) is 5.56 Å². The van der Waals surface area contributed by atoms with Crippen molar-refractivity contribution < 1.29 is 13.9 Å². The van der Waals surface area contributed by atoms with Crippen molar-refractivity contribution in [3.63, 3.8) is 0 Å². The first kappa shape index (κ1) is 14.6. The molecule has 2 aromatic rings. The highest BCUT2D eigenvalue weighted by molar-refractivity contribution is 7.39. The maximum Gasteiger partial charge on any atom is 0.508 e. The maximum absolute atomic E-state index is 11.8. The summed E-state index contributed by atoms with van der Waals surface area (Å²) in [7, 11) is -1.80. The minimum atomic E-state index is -1.80. The molecule has 2 aromatic carbocycles.